The van der Waals surface area contributed by atoms with Crippen molar-refractivity contribution in [3.63, 3.8) is 0 Å². The number of nitrogens with two attached hydrogens (primary N) is 1. The summed E-state index contributed by atoms with van der Waals surface area (Å²) < 4.78 is 0. The van der Waals surface area contributed by atoms with Crippen LogP contribution in [-0.2, 0) is 0 Å². The zero-order valence-electron chi connectivity index (χ0n) is 9.72. The number of aromatic amines is 1. The van der Waals surface area contributed by atoms with E-state index in [0.29, 0.717) is 11.6 Å². The molecule has 90 valence electrons. The van der Waals surface area contributed by atoms with Crippen LogP contribution < -0.4 is 5.73 Å². The second-order valence-corrected chi connectivity index (χ2v) is 4.84. The Bertz CT molecular complexity index is 544. The van der Waals surface area contributed by atoms with E-state index >= 15 is 0 Å². The third kappa shape index (κ3) is 1.92. The number of imidazole rings is 1. The van der Waals surface area contributed by atoms with E-state index in [1.807, 2.05) is 6.07 Å². The molecule has 2 atom stereocenters. The molecule has 1 aliphatic carbocycles. The van der Waals surface area contributed by atoms with Crippen LogP contribution in [0.2, 0.25) is 0 Å². The van der Waals surface area contributed by atoms with Gasteiger partial charge in [-0.25, -0.2) is 9.97 Å². The number of aliphatic hydroxyl groups is 1. The number of fused-ring (bicyclic) bond motifs is 1. The van der Waals surface area contributed by atoms with Gasteiger partial charge in [0, 0.05) is 23.7 Å². The molecular formula is C12H16N4O. The van der Waals surface area contributed by atoms with Crippen molar-refractivity contribution < 1.29 is 5.11 Å². The van der Waals surface area contributed by atoms with Crippen molar-refractivity contribution >= 4 is 11.2 Å². The molecular weight excluding hydrogens is 216 g/mol. The van der Waals surface area contributed by atoms with Gasteiger partial charge in [-0.3, -0.25) is 0 Å². The Morgan fingerprint density at radius 3 is 2.94 bits per heavy atom. The van der Waals surface area contributed by atoms with Crippen molar-refractivity contribution in [1.82, 2.24) is 15.0 Å². The molecule has 4 N–H and O–H groups in total. The molecule has 2 unspecified atom stereocenters. The monoisotopic (exact) mass is 232 g/mol. The molecule has 0 spiro atoms. The zero-order valence-corrected chi connectivity index (χ0v) is 9.72. The first-order valence-corrected chi connectivity index (χ1v) is 5.94. The molecule has 2 aromatic rings. The summed E-state index contributed by atoms with van der Waals surface area (Å²) in [5, 5.41) is 9.89. The van der Waals surface area contributed by atoms with Gasteiger partial charge in [-0.1, -0.05) is 0 Å². The molecule has 2 heterocycles. The number of hydrogen-bond donors (Lipinski definition) is 3. The molecule has 5 heteroatoms. The van der Waals surface area contributed by atoms with E-state index in [0.717, 1.165) is 16.9 Å². The van der Waals surface area contributed by atoms with Crippen molar-refractivity contribution in [1.29, 1.82) is 0 Å². The molecule has 0 aliphatic heterocycles. The maximum Gasteiger partial charge on any atom is 0.177 e. The van der Waals surface area contributed by atoms with Crippen LogP contribution in [-0.4, -0.2) is 26.1 Å². The first kappa shape index (κ1) is 10.7. The topological polar surface area (TPSA) is 87.8 Å². The van der Waals surface area contributed by atoms with Crippen LogP contribution in [0.15, 0.2) is 12.3 Å². The van der Waals surface area contributed by atoms with Crippen LogP contribution in [0.25, 0.3) is 11.2 Å². The second kappa shape index (κ2) is 3.78. The molecule has 1 fully saturated rings. The summed E-state index contributed by atoms with van der Waals surface area (Å²) in [5.41, 5.74) is 8.00. The summed E-state index contributed by atoms with van der Waals surface area (Å²) in [5.74, 6) is 1.59. The van der Waals surface area contributed by atoms with Crippen molar-refractivity contribution in [2.45, 2.75) is 37.8 Å². The summed E-state index contributed by atoms with van der Waals surface area (Å²) >= 11 is 0. The lowest BCUT2D eigenvalue weighted by molar-refractivity contribution is 0.153. The normalized spacial score (nSPS) is 19.5. The highest BCUT2D eigenvalue weighted by Crippen LogP contribution is 2.38. The van der Waals surface area contributed by atoms with Crippen LogP contribution in [0.3, 0.4) is 0 Å². The average molecular weight is 232 g/mol. The fourth-order valence-corrected chi connectivity index (χ4v) is 1.95. The highest BCUT2D eigenvalue weighted by Gasteiger charge is 2.27. The van der Waals surface area contributed by atoms with Gasteiger partial charge >= 0.3 is 0 Å². The largest absolute Gasteiger partial charge is 0.387 e. The smallest absolute Gasteiger partial charge is 0.177 e. The minimum Gasteiger partial charge on any atom is -0.387 e. The number of nitrogens with one attached hydrogen (secondary N) is 1. The molecule has 17 heavy (non-hydrogen) atoms. The molecule has 2 aromatic heterocycles. The molecule has 0 bridgehead atoms. The van der Waals surface area contributed by atoms with Crippen LogP contribution in [0, 0.1) is 0 Å². The van der Waals surface area contributed by atoms with E-state index in [-0.39, 0.29) is 6.04 Å². The molecule has 3 rings (SSSR count). The van der Waals surface area contributed by atoms with Crippen LogP contribution in [0.5, 0.6) is 0 Å². The third-order valence-corrected chi connectivity index (χ3v) is 3.18. The summed E-state index contributed by atoms with van der Waals surface area (Å²) in [4.78, 5) is 12.0. The second-order valence-electron chi connectivity index (χ2n) is 4.84. The maximum atomic E-state index is 9.89. The Labute approximate surface area is 99.1 Å². The van der Waals surface area contributed by atoms with Gasteiger partial charge in [0.05, 0.1) is 11.6 Å². The fourth-order valence-electron chi connectivity index (χ4n) is 1.95. The molecule has 5 nitrogen and oxygen atoms in total. The minimum atomic E-state index is -0.681. The lowest BCUT2D eigenvalue weighted by atomic mass is 10.1. The number of pyridine rings is 1. The number of hydrogen-bond acceptors (Lipinski definition) is 4. The summed E-state index contributed by atoms with van der Waals surface area (Å²) in [6, 6.07) is 1.58. The predicted molar refractivity (Wildman–Crippen MR) is 64.5 cm³/mol. The van der Waals surface area contributed by atoms with Gasteiger partial charge in [-0.05, 0) is 25.8 Å². The molecule has 0 radical (unpaired) electrons. The zero-order chi connectivity index (χ0) is 12.0. The van der Waals surface area contributed by atoms with Gasteiger partial charge in [0.2, 0.25) is 0 Å². The average Bonchev–Trinajstić information content (AvgIpc) is 3.07. The Morgan fingerprint density at radius 1 is 1.53 bits per heavy atom. The van der Waals surface area contributed by atoms with Crippen LogP contribution >= 0.6 is 0 Å². The minimum absolute atomic E-state index is 0.305. The van der Waals surface area contributed by atoms with E-state index in [4.69, 9.17) is 5.73 Å². The summed E-state index contributed by atoms with van der Waals surface area (Å²) in [6.07, 6.45) is 3.37. The Hall–Kier alpha value is -1.46. The van der Waals surface area contributed by atoms with Crippen LogP contribution in [0.1, 0.15) is 43.2 Å². The molecule has 0 amide bonds. The van der Waals surface area contributed by atoms with E-state index in [9.17, 15) is 5.11 Å². The predicted octanol–water partition coefficient (Wildman–Crippen LogP) is 1.22. The van der Waals surface area contributed by atoms with Gasteiger partial charge in [-0.2, -0.15) is 0 Å². The Morgan fingerprint density at radius 2 is 2.29 bits per heavy atom. The van der Waals surface area contributed by atoms with E-state index in [2.05, 4.69) is 15.0 Å². The highest BCUT2D eigenvalue weighted by molar-refractivity contribution is 5.71. The van der Waals surface area contributed by atoms with Crippen molar-refractivity contribution in [3.8, 4) is 0 Å². The van der Waals surface area contributed by atoms with Crippen molar-refractivity contribution in [2.24, 2.45) is 5.73 Å². The Balaban J connectivity index is 2.00. The first-order valence-electron chi connectivity index (χ1n) is 5.94. The number of rotatable bonds is 3. The molecule has 1 saturated carbocycles. The number of H-pyrrole nitrogens is 1. The van der Waals surface area contributed by atoms with E-state index in [1.54, 1.807) is 13.1 Å². The number of nitrogens with zero attached hydrogens (tertiary/aromatic N) is 2. The van der Waals surface area contributed by atoms with Crippen LogP contribution in [0.4, 0.5) is 0 Å². The lowest BCUT2D eigenvalue weighted by Crippen LogP contribution is -2.24. The highest BCUT2D eigenvalue weighted by atomic mass is 16.3. The lowest BCUT2D eigenvalue weighted by Gasteiger charge is -2.13. The van der Waals surface area contributed by atoms with Gasteiger partial charge in [0.15, 0.2) is 5.65 Å². The number of aromatic nitrogens is 3. The standard InChI is InChI=1S/C12H16N4O/c1-6(13)10(17)8-4-9-12(14-5-8)16-11(15-9)7-2-3-7/h4-7,10,17H,2-3,13H2,1H3,(H,14,15,16). The SMILES string of the molecule is CC(N)C(O)c1cnc2nc(C3CC3)[nH]c2c1. The van der Waals surface area contributed by atoms with Gasteiger partial charge in [-0.15, -0.1) is 0 Å². The fraction of sp³-hybridized carbons (Fsp3) is 0.500. The summed E-state index contributed by atoms with van der Waals surface area (Å²) in [7, 11) is 0. The number of aliphatic hydroxyl groups excluding tert-OH is 1. The molecule has 1 aliphatic rings. The van der Waals surface area contributed by atoms with Gasteiger partial charge < -0.3 is 15.8 Å². The maximum absolute atomic E-state index is 9.89. The van der Waals surface area contributed by atoms with Crippen molar-refractivity contribution in [3.05, 3.63) is 23.7 Å². The van der Waals surface area contributed by atoms with E-state index in [1.165, 1.54) is 12.8 Å². The summed E-state index contributed by atoms with van der Waals surface area (Å²) in [6.45, 7) is 1.78. The molecule has 0 aromatic carbocycles. The van der Waals surface area contributed by atoms with E-state index < -0.39 is 6.10 Å². The first-order chi connectivity index (χ1) is 8.15. The van der Waals surface area contributed by atoms with Gasteiger partial charge in [0.25, 0.3) is 0 Å². The molecule has 0 saturated heterocycles. The third-order valence-electron chi connectivity index (χ3n) is 3.18. The quantitative estimate of drug-likeness (QED) is 0.742. The van der Waals surface area contributed by atoms with Crippen molar-refractivity contribution in [2.75, 3.05) is 0 Å². The Kier molecular flexibility index (Phi) is 2.38. The van der Waals surface area contributed by atoms with Gasteiger partial charge in [0.1, 0.15) is 5.82 Å².